The van der Waals surface area contributed by atoms with Gasteiger partial charge in [0.25, 0.3) is 6.04 Å². The van der Waals surface area contributed by atoms with Crippen LogP contribution in [-0.2, 0) is 18.4 Å². The van der Waals surface area contributed by atoms with Crippen molar-refractivity contribution in [3.63, 3.8) is 0 Å². The molecule has 0 spiro atoms. The van der Waals surface area contributed by atoms with Crippen molar-refractivity contribution in [2.45, 2.75) is 31.6 Å². The van der Waals surface area contributed by atoms with Crippen LogP contribution >= 0.6 is 0 Å². The van der Waals surface area contributed by atoms with Gasteiger partial charge in [0.2, 0.25) is 5.91 Å². The van der Waals surface area contributed by atoms with Crippen LogP contribution < -0.4 is 16.2 Å². The molecule has 0 bridgehead atoms. The van der Waals surface area contributed by atoms with Gasteiger partial charge in [-0.15, -0.1) is 0 Å². The maximum absolute atomic E-state index is 12.3. The predicted molar refractivity (Wildman–Crippen MR) is 82.9 cm³/mol. The molecule has 2 aromatic rings. The molecule has 1 aliphatic heterocycles. The highest BCUT2D eigenvalue weighted by Crippen LogP contribution is 2.14. The molecule has 1 fully saturated rings. The Morgan fingerprint density at radius 3 is 2.87 bits per heavy atom. The van der Waals surface area contributed by atoms with E-state index in [1.807, 2.05) is 35.9 Å². The summed E-state index contributed by atoms with van der Waals surface area (Å²) in [6.07, 6.45) is 0. The molecule has 2 heterocycles. The predicted octanol–water partition coefficient (Wildman–Crippen LogP) is -0.300. The van der Waals surface area contributed by atoms with Crippen LogP contribution in [0.3, 0.4) is 0 Å². The van der Waals surface area contributed by atoms with Gasteiger partial charge in [0.1, 0.15) is 5.82 Å². The van der Waals surface area contributed by atoms with Gasteiger partial charge in [0.15, 0.2) is 6.04 Å². The summed E-state index contributed by atoms with van der Waals surface area (Å²) in [7, 11) is 1.87. The zero-order valence-corrected chi connectivity index (χ0v) is 12.8. The number of nitrogens with zero attached hydrogens (tertiary/aromatic N) is 3. The summed E-state index contributed by atoms with van der Waals surface area (Å²) < 4.78 is 1.89. The molecule has 3 atom stereocenters. The Morgan fingerprint density at radius 2 is 2.17 bits per heavy atom. The van der Waals surface area contributed by atoms with Crippen LogP contribution in [0.25, 0.3) is 11.0 Å². The molecular weight excluding hydrogens is 300 g/mol. The minimum absolute atomic E-state index is 0.209. The van der Waals surface area contributed by atoms with Gasteiger partial charge in [-0.3, -0.25) is 14.9 Å². The van der Waals surface area contributed by atoms with Crippen LogP contribution in [0.4, 0.5) is 0 Å². The van der Waals surface area contributed by atoms with Crippen molar-refractivity contribution in [2.75, 3.05) is 0 Å². The van der Waals surface area contributed by atoms with Gasteiger partial charge < -0.3 is 9.88 Å². The quantitative estimate of drug-likeness (QED) is 0.527. The molecule has 1 saturated heterocycles. The fourth-order valence-electron chi connectivity index (χ4n) is 2.84. The lowest BCUT2D eigenvalue weighted by Crippen LogP contribution is -2.49. The summed E-state index contributed by atoms with van der Waals surface area (Å²) in [4.78, 5) is 27.4. The number of carbonyl (C=O) groups is 1. The van der Waals surface area contributed by atoms with Crippen molar-refractivity contribution >= 4 is 16.9 Å². The maximum Gasteiger partial charge on any atom is 0.254 e. The number of hydrazine groups is 1. The highest BCUT2D eigenvalue weighted by atomic mass is 16.6. The van der Waals surface area contributed by atoms with E-state index in [2.05, 4.69) is 21.2 Å². The number of benzene rings is 1. The first-order valence-electron chi connectivity index (χ1n) is 7.31. The topological polar surface area (TPSA) is 114 Å². The molecule has 9 heteroatoms. The minimum Gasteiger partial charge on any atom is -0.347 e. The van der Waals surface area contributed by atoms with E-state index >= 15 is 0 Å². The number of hydrogen-bond acceptors (Lipinski definition) is 6. The summed E-state index contributed by atoms with van der Waals surface area (Å²) in [6.45, 7) is 1.88. The third-order valence-corrected chi connectivity index (χ3v) is 4.15. The molecule has 1 amide bonds. The highest BCUT2D eigenvalue weighted by molar-refractivity contribution is 5.83. The second-order valence-electron chi connectivity index (χ2n) is 5.62. The number of amides is 1. The monoisotopic (exact) mass is 318 g/mol. The first-order valence-corrected chi connectivity index (χ1v) is 7.31. The Hall–Kier alpha value is -2.52. The SMILES string of the molecule is CC1NNC(C(=O)NCc2nc3ccccc3n2C)C1[N+](=O)[O-]. The number of aromatic nitrogens is 2. The van der Waals surface area contributed by atoms with Gasteiger partial charge in [-0.25, -0.2) is 15.8 Å². The Morgan fingerprint density at radius 1 is 1.43 bits per heavy atom. The van der Waals surface area contributed by atoms with Crippen LogP contribution in [0.5, 0.6) is 0 Å². The number of hydrogen-bond donors (Lipinski definition) is 3. The summed E-state index contributed by atoms with van der Waals surface area (Å²) in [5.41, 5.74) is 7.23. The van der Waals surface area contributed by atoms with Gasteiger partial charge in [-0.05, 0) is 19.1 Å². The molecule has 1 aromatic carbocycles. The van der Waals surface area contributed by atoms with E-state index < -0.39 is 29.0 Å². The van der Waals surface area contributed by atoms with E-state index in [1.165, 1.54) is 0 Å². The molecule has 23 heavy (non-hydrogen) atoms. The maximum atomic E-state index is 12.3. The van der Waals surface area contributed by atoms with Crippen molar-refractivity contribution in [1.82, 2.24) is 25.7 Å². The molecule has 3 rings (SSSR count). The number of carbonyl (C=O) groups excluding carboxylic acids is 1. The van der Waals surface area contributed by atoms with Crippen molar-refractivity contribution in [2.24, 2.45) is 7.05 Å². The second kappa shape index (κ2) is 5.94. The lowest BCUT2D eigenvalue weighted by molar-refractivity contribution is -0.523. The summed E-state index contributed by atoms with van der Waals surface area (Å²) >= 11 is 0. The number of fused-ring (bicyclic) bond motifs is 1. The second-order valence-corrected chi connectivity index (χ2v) is 5.62. The van der Waals surface area contributed by atoms with Crippen molar-refractivity contribution in [1.29, 1.82) is 0 Å². The van der Waals surface area contributed by atoms with Gasteiger partial charge in [-0.2, -0.15) is 0 Å². The molecule has 122 valence electrons. The average molecular weight is 318 g/mol. The molecule has 0 radical (unpaired) electrons. The number of rotatable bonds is 4. The van der Waals surface area contributed by atoms with Gasteiger partial charge in [0.05, 0.1) is 23.6 Å². The zero-order valence-electron chi connectivity index (χ0n) is 12.8. The summed E-state index contributed by atoms with van der Waals surface area (Å²) in [5.74, 6) is 0.270. The number of aryl methyl sites for hydroxylation is 1. The van der Waals surface area contributed by atoms with E-state index in [-0.39, 0.29) is 6.54 Å². The van der Waals surface area contributed by atoms with Gasteiger partial charge in [-0.1, -0.05) is 12.1 Å². The highest BCUT2D eigenvalue weighted by Gasteiger charge is 2.46. The standard InChI is InChI=1S/C14H18N6O3/c1-8-13(20(22)23)12(18-17-8)14(21)15-7-11-16-9-5-3-4-6-10(9)19(11)2/h3-6,8,12-13,17-18H,7H2,1-2H3,(H,15,21). The number of imidazole rings is 1. The Kier molecular flexibility index (Phi) is 3.97. The smallest absolute Gasteiger partial charge is 0.254 e. The molecule has 9 nitrogen and oxygen atoms in total. The van der Waals surface area contributed by atoms with Crippen molar-refractivity contribution < 1.29 is 9.72 Å². The number of para-hydroxylation sites is 2. The fraction of sp³-hybridized carbons (Fsp3) is 0.429. The molecule has 3 unspecified atom stereocenters. The van der Waals surface area contributed by atoms with Crippen molar-refractivity contribution in [3.8, 4) is 0 Å². The Bertz CT molecular complexity index is 758. The molecule has 1 aliphatic rings. The van der Waals surface area contributed by atoms with Crippen LogP contribution in [0.1, 0.15) is 12.7 Å². The van der Waals surface area contributed by atoms with E-state index in [4.69, 9.17) is 0 Å². The van der Waals surface area contributed by atoms with Crippen LogP contribution in [0.15, 0.2) is 24.3 Å². The molecule has 1 aromatic heterocycles. The number of nitrogens with one attached hydrogen (secondary N) is 3. The summed E-state index contributed by atoms with van der Waals surface area (Å²) in [6, 6.07) is 5.33. The third kappa shape index (κ3) is 2.76. The lowest BCUT2D eigenvalue weighted by atomic mass is 10.1. The Balaban J connectivity index is 1.71. The molecule has 3 N–H and O–H groups in total. The number of nitro groups is 1. The van der Waals surface area contributed by atoms with E-state index in [0.717, 1.165) is 11.0 Å². The Labute approximate surface area is 132 Å². The van der Waals surface area contributed by atoms with Crippen LogP contribution in [0.2, 0.25) is 0 Å². The largest absolute Gasteiger partial charge is 0.347 e. The van der Waals surface area contributed by atoms with E-state index in [1.54, 1.807) is 6.92 Å². The molecular formula is C14H18N6O3. The molecule has 0 saturated carbocycles. The first kappa shape index (κ1) is 15.4. The minimum atomic E-state index is -1.00. The van der Waals surface area contributed by atoms with E-state index in [9.17, 15) is 14.9 Å². The van der Waals surface area contributed by atoms with Crippen molar-refractivity contribution in [3.05, 3.63) is 40.2 Å². The van der Waals surface area contributed by atoms with E-state index in [0.29, 0.717) is 5.82 Å². The first-order chi connectivity index (χ1) is 11.0. The van der Waals surface area contributed by atoms with Crippen LogP contribution in [-0.4, -0.2) is 38.5 Å². The van der Waals surface area contributed by atoms with Gasteiger partial charge in [0, 0.05) is 12.0 Å². The lowest BCUT2D eigenvalue weighted by Gasteiger charge is -2.13. The normalized spacial score (nSPS) is 24.0. The summed E-state index contributed by atoms with van der Waals surface area (Å²) in [5, 5.41) is 13.8. The third-order valence-electron chi connectivity index (χ3n) is 4.15. The van der Waals surface area contributed by atoms with Gasteiger partial charge >= 0.3 is 0 Å². The average Bonchev–Trinajstić information content (AvgIpc) is 3.06. The molecule has 0 aliphatic carbocycles. The fourth-order valence-corrected chi connectivity index (χ4v) is 2.84. The van der Waals surface area contributed by atoms with Crippen LogP contribution in [0, 0.1) is 10.1 Å². The zero-order chi connectivity index (χ0) is 16.6.